The predicted octanol–water partition coefficient (Wildman–Crippen LogP) is 4.66. The second-order valence-corrected chi connectivity index (χ2v) is 5.66. The van der Waals surface area contributed by atoms with E-state index in [1.807, 2.05) is 6.92 Å². The van der Waals surface area contributed by atoms with Crippen molar-refractivity contribution >= 4 is 23.4 Å². The molecule has 4 nitrogen and oxygen atoms in total. The Kier molecular flexibility index (Phi) is 6.43. The van der Waals surface area contributed by atoms with E-state index in [1.165, 1.54) is 13.2 Å². The molecule has 2 aromatic rings. The molecule has 128 valence electrons. The number of thioether (sulfide) groups is 1. The summed E-state index contributed by atoms with van der Waals surface area (Å²) in [5, 5.41) is 2.65. The summed E-state index contributed by atoms with van der Waals surface area (Å²) in [6, 6.07) is 11.2. The average Bonchev–Trinajstić information content (AvgIpc) is 2.56. The van der Waals surface area contributed by atoms with Gasteiger partial charge in [-0.15, -0.1) is 0 Å². The summed E-state index contributed by atoms with van der Waals surface area (Å²) in [5.41, 5.74) is 0.674. The topological polar surface area (TPSA) is 47.6 Å². The van der Waals surface area contributed by atoms with E-state index in [2.05, 4.69) is 5.32 Å². The van der Waals surface area contributed by atoms with Crippen LogP contribution in [0.5, 0.6) is 11.5 Å². The molecule has 0 aliphatic rings. The molecule has 0 aromatic heterocycles. The van der Waals surface area contributed by atoms with E-state index >= 15 is 0 Å². The normalized spacial score (nSPS) is 10.5. The summed E-state index contributed by atoms with van der Waals surface area (Å²) in [5.74, 6) is -2.02. The Bertz CT molecular complexity index is 710. The number of methoxy groups -OCH3 is 1. The first-order valence-corrected chi connectivity index (χ1v) is 8.09. The molecule has 0 saturated carbocycles. The smallest absolute Gasteiger partial charge is 0.288 e. The lowest BCUT2D eigenvalue weighted by Crippen LogP contribution is -2.13. The molecule has 0 radical (unpaired) electrons. The van der Waals surface area contributed by atoms with Gasteiger partial charge in [0.2, 0.25) is 0 Å². The molecule has 0 unspecified atom stereocenters. The zero-order valence-electron chi connectivity index (χ0n) is 13.2. The number of rotatable bonds is 7. The summed E-state index contributed by atoms with van der Waals surface area (Å²) in [4.78, 5) is 12.7. The van der Waals surface area contributed by atoms with Gasteiger partial charge in [0.15, 0.2) is 11.5 Å². The number of hydrogen-bond donors (Lipinski definition) is 1. The highest BCUT2D eigenvalue weighted by atomic mass is 32.2. The summed E-state index contributed by atoms with van der Waals surface area (Å²) >= 11 is 0.386. The maximum absolute atomic E-state index is 12.6. The molecule has 2 aromatic carbocycles. The van der Waals surface area contributed by atoms with E-state index in [9.17, 15) is 13.6 Å². The van der Waals surface area contributed by atoms with Gasteiger partial charge in [-0.25, -0.2) is 0 Å². The highest BCUT2D eigenvalue weighted by Gasteiger charge is 2.14. The minimum atomic E-state index is -2.56. The van der Waals surface area contributed by atoms with Crippen LogP contribution in [0.3, 0.4) is 0 Å². The van der Waals surface area contributed by atoms with Gasteiger partial charge < -0.3 is 14.8 Å². The number of para-hydroxylation sites is 1. The molecule has 7 heteroatoms. The maximum Gasteiger partial charge on any atom is 0.288 e. The third kappa shape index (κ3) is 4.61. The quantitative estimate of drug-likeness (QED) is 0.736. The Morgan fingerprint density at radius 1 is 1.21 bits per heavy atom. The van der Waals surface area contributed by atoms with Crippen LogP contribution >= 0.6 is 11.8 Å². The van der Waals surface area contributed by atoms with Crippen molar-refractivity contribution in [2.75, 3.05) is 19.0 Å². The van der Waals surface area contributed by atoms with Crippen LogP contribution < -0.4 is 14.8 Å². The summed E-state index contributed by atoms with van der Waals surface area (Å²) in [7, 11) is 1.48. The lowest BCUT2D eigenvalue weighted by atomic mass is 10.2. The molecular formula is C17H17F2NO3S. The lowest BCUT2D eigenvalue weighted by Gasteiger charge is -2.13. The molecular weight excluding hydrogens is 336 g/mol. The van der Waals surface area contributed by atoms with E-state index in [-0.39, 0.29) is 0 Å². The highest BCUT2D eigenvalue weighted by Crippen LogP contribution is 2.32. The molecule has 0 bridgehead atoms. The summed E-state index contributed by atoms with van der Waals surface area (Å²) in [6.45, 7) is 2.32. The van der Waals surface area contributed by atoms with Crippen LogP contribution in [0.1, 0.15) is 17.3 Å². The molecule has 1 amide bonds. The molecule has 1 N–H and O–H groups in total. The number of carbonyl (C=O) groups is 1. The zero-order chi connectivity index (χ0) is 17.5. The van der Waals surface area contributed by atoms with Crippen LogP contribution in [0.2, 0.25) is 0 Å². The van der Waals surface area contributed by atoms with Gasteiger partial charge in [0.1, 0.15) is 0 Å². The van der Waals surface area contributed by atoms with Gasteiger partial charge in [-0.1, -0.05) is 23.9 Å². The van der Waals surface area contributed by atoms with Crippen molar-refractivity contribution in [3.05, 3.63) is 48.0 Å². The largest absolute Gasteiger partial charge is 0.493 e. The van der Waals surface area contributed by atoms with Crippen LogP contribution in [-0.4, -0.2) is 25.4 Å². The molecule has 2 rings (SSSR count). The van der Waals surface area contributed by atoms with Gasteiger partial charge in [-0.2, -0.15) is 8.78 Å². The fourth-order valence-electron chi connectivity index (χ4n) is 2.05. The van der Waals surface area contributed by atoms with Gasteiger partial charge in [-0.3, -0.25) is 4.79 Å². The van der Waals surface area contributed by atoms with Crippen LogP contribution in [0.4, 0.5) is 14.5 Å². The number of benzene rings is 2. The summed E-state index contributed by atoms with van der Waals surface area (Å²) < 4.78 is 35.8. The molecule has 0 heterocycles. The third-order valence-electron chi connectivity index (χ3n) is 3.08. The third-order valence-corrected chi connectivity index (χ3v) is 3.87. The van der Waals surface area contributed by atoms with Gasteiger partial charge in [0.05, 0.1) is 19.4 Å². The van der Waals surface area contributed by atoms with Crippen molar-refractivity contribution in [1.29, 1.82) is 0 Å². The van der Waals surface area contributed by atoms with Crippen LogP contribution in [-0.2, 0) is 0 Å². The number of halogens is 2. The Morgan fingerprint density at radius 2 is 1.96 bits per heavy atom. The van der Waals surface area contributed by atoms with Crippen LogP contribution in [0.25, 0.3) is 0 Å². The van der Waals surface area contributed by atoms with Crippen molar-refractivity contribution < 1.29 is 23.0 Å². The fourth-order valence-corrected chi connectivity index (χ4v) is 2.64. The standard InChI is InChI=1S/C17H17F2NO3S/c1-3-23-13-9-8-11(10-14(13)22-2)16(21)20-12-6-4-5-7-15(12)24-17(18)19/h4-10,17H,3H2,1-2H3,(H,20,21). The molecule has 0 aliphatic heterocycles. The van der Waals surface area contributed by atoms with Crippen molar-refractivity contribution in [2.24, 2.45) is 0 Å². The Morgan fingerprint density at radius 3 is 2.62 bits per heavy atom. The maximum atomic E-state index is 12.6. The van der Waals surface area contributed by atoms with E-state index in [4.69, 9.17) is 9.47 Å². The van der Waals surface area contributed by atoms with Gasteiger partial charge in [-0.05, 0) is 37.3 Å². The minimum Gasteiger partial charge on any atom is -0.493 e. The zero-order valence-corrected chi connectivity index (χ0v) is 14.0. The molecule has 0 atom stereocenters. The molecule has 0 saturated heterocycles. The fraction of sp³-hybridized carbons (Fsp3) is 0.235. The first-order valence-electron chi connectivity index (χ1n) is 7.21. The number of hydrogen-bond acceptors (Lipinski definition) is 4. The van der Waals surface area contributed by atoms with Gasteiger partial charge in [0.25, 0.3) is 11.7 Å². The number of amides is 1. The Labute approximate surface area is 143 Å². The Balaban J connectivity index is 2.21. The minimum absolute atomic E-state index is 0.304. The van der Waals surface area contributed by atoms with Crippen molar-refractivity contribution in [2.45, 2.75) is 17.6 Å². The number of anilines is 1. The van der Waals surface area contributed by atoms with Gasteiger partial charge >= 0.3 is 0 Å². The van der Waals surface area contributed by atoms with Crippen LogP contribution in [0, 0.1) is 0 Å². The van der Waals surface area contributed by atoms with E-state index < -0.39 is 11.7 Å². The monoisotopic (exact) mass is 353 g/mol. The number of ether oxygens (including phenoxy) is 2. The predicted molar refractivity (Wildman–Crippen MR) is 90.4 cm³/mol. The van der Waals surface area contributed by atoms with Crippen molar-refractivity contribution in [3.63, 3.8) is 0 Å². The molecule has 0 spiro atoms. The molecule has 0 aliphatic carbocycles. The molecule has 24 heavy (non-hydrogen) atoms. The molecule has 0 fully saturated rings. The number of nitrogens with one attached hydrogen (secondary N) is 1. The van der Waals surface area contributed by atoms with E-state index in [0.717, 1.165) is 0 Å². The van der Waals surface area contributed by atoms with Crippen molar-refractivity contribution in [1.82, 2.24) is 0 Å². The first-order chi connectivity index (χ1) is 11.5. The van der Waals surface area contributed by atoms with Crippen LogP contribution in [0.15, 0.2) is 47.4 Å². The number of carbonyl (C=O) groups excluding carboxylic acids is 1. The van der Waals surface area contributed by atoms with E-state index in [1.54, 1.807) is 36.4 Å². The SMILES string of the molecule is CCOc1ccc(C(=O)Nc2ccccc2SC(F)F)cc1OC. The second-order valence-electron chi connectivity index (χ2n) is 4.63. The number of alkyl halides is 2. The van der Waals surface area contributed by atoms with Crippen molar-refractivity contribution in [3.8, 4) is 11.5 Å². The second kappa shape index (κ2) is 8.54. The summed E-state index contributed by atoms with van der Waals surface area (Å²) in [6.07, 6.45) is 0. The Hall–Kier alpha value is -2.28. The van der Waals surface area contributed by atoms with E-state index in [0.29, 0.717) is 46.0 Å². The lowest BCUT2D eigenvalue weighted by molar-refractivity contribution is 0.102. The first kappa shape index (κ1) is 18.1. The van der Waals surface area contributed by atoms with Gasteiger partial charge in [0, 0.05) is 10.5 Å². The highest BCUT2D eigenvalue weighted by molar-refractivity contribution is 7.99. The average molecular weight is 353 g/mol.